The van der Waals surface area contributed by atoms with E-state index in [0.717, 1.165) is 0 Å². The first-order valence-corrected chi connectivity index (χ1v) is 16.4. The number of methoxy groups -OCH3 is 1. The summed E-state index contributed by atoms with van der Waals surface area (Å²) in [7, 11) is 1.50. The first kappa shape index (κ1) is 31.9. The molecule has 4 bridgehead atoms. The molecule has 4 fully saturated rings. The van der Waals surface area contributed by atoms with Gasteiger partial charge in [0.2, 0.25) is 11.2 Å². The van der Waals surface area contributed by atoms with Crippen LogP contribution in [0.15, 0.2) is 22.6 Å². The van der Waals surface area contributed by atoms with Crippen molar-refractivity contribution in [1.82, 2.24) is 0 Å². The molecule has 2 saturated carbocycles. The van der Waals surface area contributed by atoms with Crippen molar-refractivity contribution >= 4 is 47.1 Å². The van der Waals surface area contributed by atoms with Crippen LogP contribution in [-0.2, 0) is 38.1 Å². The number of carbonyl (C=O) groups excluding carboxylic acids is 4. The summed E-state index contributed by atoms with van der Waals surface area (Å²) in [6.45, 7) is 14.3. The second kappa shape index (κ2) is 9.27. The van der Waals surface area contributed by atoms with Crippen molar-refractivity contribution in [2.24, 2.45) is 21.7 Å². The molecule has 0 radical (unpaired) electrons. The van der Waals surface area contributed by atoms with Crippen molar-refractivity contribution in [3.05, 3.63) is 28.5 Å². The summed E-state index contributed by atoms with van der Waals surface area (Å²) in [5.74, 6) is -1.76. The Kier molecular flexibility index (Phi) is 6.29. The van der Waals surface area contributed by atoms with Crippen molar-refractivity contribution in [1.29, 1.82) is 0 Å². The van der Waals surface area contributed by atoms with E-state index in [1.807, 2.05) is 27.7 Å². The predicted molar refractivity (Wildman–Crippen MR) is 167 cm³/mol. The van der Waals surface area contributed by atoms with E-state index in [1.54, 1.807) is 45.9 Å². The maximum Gasteiger partial charge on any atom is 0.351 e. The van der Waals surface area contributed by atoms with Gasteiger partial charge in [0, 0.05) is 16.9 Å². The van der Waals surface area contributed by atoms with Crippen LogP contribution < -0.4 is 9.47 Å². The van der Waals surface area contributed by atoms with Gasteiger partial charge in [-0.15, -0.1) is 0 Å². The molecule has 1 aromatic heterocycles. The molecule has 4 heterocycles. The van der Waals surface area contributed by atoms with Gasteiger partial charge in [0.1, 0.15) is 22.7 Å². The largest absolute Gasteiger partial charge is 0.496 e. The summed E-state index contributed by atoms with van der Waals surface area (Å²) in [6.07, 6.45) is -1.16. The van der Waals surface area contributed by atoms with Crippen molar-refractivity contribution in [3.8, 4) is 11.5 Å². The topological polar surface area (TPSA) is 137 Å². The second-order valence-electron chi connectivity index (χ2n) is 15.7. The van der Waals surface area contributed by atoms with Crippen LogP contribution in [0.1, 0.15) is 92.7 Å². The van der Waals surface area contributed by atoms with E-state index in [0.29, 0.717) is 24.0 Å². The van der Waals surface area contributed by atoms with Gasteiger partial charge >= 0.3 is 23.9 Å². The van der Waals surface area contributed by atoms with E-state index in [-0.39, 0.29) is 34.4 Å². The van der Waals surface area contributed by atoms with Gasteiger partial charge in [-0.3, -0.25) is 9.59 Å². The molecule has 47 heavy (non-hydrogen) atoms. The van der Waals surface area contributed by atoms with Crippen molar-refractivity contribution in [3.63, 3.8) is 0 Å². The molecule has 6 atom stereocenters. The third-order valence-electron chi connectivity index (χ3n) is 13.0. The lowest BCUT2D eigenvalue weighted by Gasteiger charge is -2.46. The van der Waals surface area contributed by atoms with E-state index >= 15 is 0 Å². The Balaban J connectivity index is 1.38. The molecule has 252 valence electrons. The van der Waals surface area contributed by atoms with Crippen LogP contribution >= 0.6 is 12.2 Å². The fourth-order valence-corrected chi connectivity index (χ4v) is 8.88. The number of ether oxygens (including phenoxy) is 6. The number of fused-ring (bicyclic) bond motifs is 7. The van der Waals surface area contributed by atoms with Crippen LogP contribution in [0.5, 0.6) is 11.5 Å². The Labute approximate surface area is 277 Å². The summed E-state index contributed by atoms with van der Waals surface area (Å²) in [6, 6.07) is 4.98. The fraction of sp³-hybridized carbons (Fsp3) is 0.629. The summed E-state index contributed by atoms with van der Waals surface area (Å²) in [5, 5.41) is 0.518. The van der Waals surface area contributed by atoms with Crippen LogP contribution in [0.3, 0.4) is 0 Å². The Bertz CT molecular complexity index is 1860. The molecule has 5 aliphatic rings. The monoisotopic (exact) mass is 668 g/mol. The zero-order chi connectivity index (χ0) is 34.3. The third kappa shape index (κ3) is 3.60. The molecular weight excluding hydrogens is 628 g/mol. The summed E-state index contributed by atoms with van der Waals surface area (Å²) in [5.41, 5.74) is -7.49. The molecule has 2 aliphatic carbocycles. The highest BCUT2D eigenvalue weighted by Crippen LogP contribution is 2.67. The van der Waals surface area contributed by atoms with E-state index in [9.17, 15) is 19.2 Å². The Morgan fingerprint density at radius 2 is 1.32 bits per heavy atom. The summed E-state index contributed by atoms with van der Waals surface area (Å²) >= 11 is 5.39. The molecule has 12 heteroatoms. The average Bonchev–Trinajstić information content (AvgIpc) is 3.45. The van der Waals surface area contributed by atoms with Crippen LogP contribution in [0.2, 0.25) is 0 Å². The number of rotatable bonds is 5. The number of carbonyl (C=O) groups is 4. The van der Waals surface area contributed by atoms with Gasteiger partial charge in [0.05, 0.1) is 28.9 Å². The minimum Gasteiger partial charge on any atom is -0.496 e. The third-order valence-corrected chi connectivity index (χ3v) is 13.2. The molecule has 2 saturated heterocycles. The van der Waals surface area contributed by atoms with E-state index in [2.05, 4.69) is 0 Å². The zero-order valence-electron chi connectivity index (χ0n) is 28.1. The maximum atomic E-state index is 14.5. The van der Waals surface area contributed by atoms with Crippen LogP contribution in [-0.4, -0.2) is 53.9 Å². The maximum absolute atomic E-state index is 14.5. The summed E-state index contributed by atoms with van der Waals surface area (Å²) < 4.78 is 42.9. The van der Waals surface area contributed by atoms with Crippen molar-refractivity contribution in [2.45, 2.75) is 110 Å². The normalized spacial score (nSPS) is 36.7. The number of hydrogen-bond acceptors (Lipinski definition) is 12. The molecule has 0 spiro atoms. The predicted octanol–water partition coefficient (Wildman–Crippen LogP) is 6.08. The molecule has 0 amide bonds. The van der Waals surface area contributed by atoms with Crippen LogP contribution in [0.4, 0.5) is 0 Å². The van der Waals surface area contributed by atoms with Gasteiger partial charge in [0.15, 0.2) is 16.9 Å². The molecule has 11 nitrogen and oxygen atoms in total. The Hall–Kier alpha value is -3.67. The molecular formula is C35H40O11S. The molecule has 7 rings (SSSR count). The van der Waals surface area contributed by atoms with Gasteiger partial charge in [-0.2, -0.15) is 0 Å². The molecule has 1 aromatic carbocycles. The fourth-order valence-electron chi connectivity index (χ4n) is 8.73. The lowest BCUT2D eigenvalue weighted by Crippen LogP contribution is -2.57. The number of esters is 4. The quantitative estimate of drug-likeness (QED) is 0.207. The van der Waals surface area contributed by atoms with Crippen molar-refractivity contribution < 1.29 is 52.0 Å². The number of benzene rings is 1. The van der Waals surface area contributed by atoms with Crippen LogP contribution in [0, 0.1) is 26.4 Å². The van der Waals surface area contributed by atoms with Gasteiger partial charge in [-0.25, -0.2) is 9.59 Å². The van der Waals surface area contributed by atoms with Gasteiger partial charge in [-0.05, 0) is 77.7 Å². The molecule has 0 N–H and O–H groups in total. The second-order valence-corrected chi connectivity index (χ2v) is 16.1. The van der Waals surface area contributed by atoms with E-state index in [4.69, 9.17) is 45.1 Å². The SMILES string of the molecule is COc1cc2c(c3oc(=S)ccc13)[C@@H](OC(=O)C13CCC(C)(C(=O)O1)C3(C)C)[C@@H](OC(=O)C13CCC(C)(C(=O)O1)C3(C)C)C(C)(C)O2. The van der Waals surface area contributed by atoms with Gasteiger partial charge in [0.25, 0.3) is 0 Å². The lowest BCUT2D eigenvalue weighted by atomic mass is 9.66. The summed E-state index contributed by atoms with van der Waals surface area (Å²) in [4.78, 5) is 55.1. The highest BCUT2D eigenvalue weighted by Gasteiger charge is 2.78. The minimum atomic E-state index is -1.58. The first-order valence-electron chi connectivity index (χ1n) is 16.0. The van der Waals surface area contributed by atoms with E-state index in [1.165, 1.54) is 7.11 Å². The smallest absolute Gasteiger partial charge is 0.351 e. The van der Waals surface area contributed by atoms with Gasteiger partial charge in [-0.1, -0.05) is 27.7 Å². The Morgan fingerprint density at radius 1 is 0.787 bits per heavy atom. The average molecular weight is 669 g/mol. The van der Waals surface area contributed by atoms with E-state index < -0.39 is 74.5 Å². The molecule has 4 unspecified atom stereocenters. The lowest BCUT2D eigenvalue weighted by molar-refractivity contribution is -0.217. The number of hydrogen-bond donors (Lipinski definition) is 0. The highest BCUT2D eigenvalue weighted by molar-refractivity contribution is 7.71. The minimum absolute atomic E-state index is 0.149. The van der Waals surface area contributed by atoms with Crippen LogP contribution in [0.25, 0.3) is 11.0 Å². The van der Waals surface area contributed by atoms with Gasteiger partial charge < -0.3 is 32.8 Å². The zero-order valence-corrected chi connectivity index (χ0v) is 28.9. The molecule has 2 aromatic rings. The Morgan fingerprint density at radius 3 is 1.79 bits per heavy atom. The first-order chi connectivity index (χ1) is 21.7. The standard InChI is InChI=1S/C35H40O11S/c1-29(2)24(43-28(39)35-15-13-33(8,26(37)46-35)31(35,5)6)23(42-27(38)34-14-12-32(7,25(36)45-34)30(34,3)4)21-19(44-29)16-18(40-9)17-10-11-20(47)41-22(17)21/h10-11,16,23-24H,12-15H2,1-9H3/t23-,24-,32?,33?,34?,35?/m1/s1. The highest BCUT2D eigenvalue weighted by atomic mass is 32.1. The molecule has 3 aliphatic heterocycles. The van der Waals surface area contributed by atoms with Crippen molar-refractivity contribution in [2.75, 3.05) is 7.11 Å².